The van der Waals surface area contributed by atoms with Crippen molar-refractivity contribution >= 4 is 35.0 Å². The Bertz CT molecular complexity index is 1240. The van der Waals surface area contributed by atoms with Crippen LogP contribution in [0.3, 0.4) is 0 Å². The lowest BCUT2D eigenvalue weighted by Crippen LogP contribution is -2.23. The summed E-state index contributed by atoms with van der Waals surface area (Å²) < 4.78 is 25.6. The number of hydrogen-bond donors (Lipinski definition) is 3. The van der Waals surface area contributed by atoms with Gasteiger partial charge in [-0.15, -0.1) is 11.3 Å². The van der Waals surface area contributed by atoms with E-state index in [9.17, 15) is 18.7 Å². The zero-order valence-electron chi connectivity index (χ0n) is 16.0. The zero-order valence-corrected chi connectivity index (χ0v) is 17.7. The first-order valence-corrected chi connectivity index (χ1v) is 11.7. The van der Waals surface area contributed by atoms with Crippen molar-refractivity contribution in [2.45, 2.75) is 19.1 Å². The second kappa shape index (κ2) is 8.24. The molecule has 0 spiro atoms. The van der Waals surface area contributed by atoms with Gasteiger partial charge in [0.2, 0.25) is 0 Å². The largest absolute Gasteiger partial charge is 0.355 e. The minimum atomic E-state index is -4.55. The Morgan fingerprint density at radius 3 is 2.60 bits per heavy atom. The summed E-state index contributed by atoms with van der Waals surface area (Å²) in [4.78, 5) is 29.9. The molecule has 0 bridgehead atoms. The normalized spacial score (nSPS) is 12.8. The fraction of sp³-hybridized carbons (Fsp3) is 0.143. The van der Waals surface area contributed by atoms with Crippen molar-refractivity contribution < 1.29 is 18.7 Å². The van der Waals surface area contributed by atoms with Gasteiger partial charge in [-0.1, -0.05) is 42.0 Å². The van der Waals surface area contributed by atoms with Gasteiger partial charge in [0.05, 0.1) is 5.39 Å². The Morgan fingerprint density at radius 1 is 1.13 bits per heavy atom. The molecule has 0 radical (unpaired) electrons. The maximum atomic E-state index is 13.5. The highest BCUT2D eigenvalue weighted by Crippen LogP contribution is 2.44. The second-order valence-corrected chi connectivity index (χ2v) is 9.83. The summed E-state index contributed by atoms with van der Waals surface area (Å²) in [5.74, 6) is -1.37. The smallest absolute Gasteiger partial charge is 0.347 e. The van der Waals surface area contributed by atoms with Crippen LogP contribution in [0, 0.1) is 12.7 Å². The molecule has 4 aromatic rings. The quantitative estimate of drug-likeness (QED) is 0.365. The van der Waals surface area contributed by atoms with E-state index in [4.69, 9.17) is 0 Å². The first-order valence-electron chi connectivity index (χ1n) is 9.17. The number of halogens is 1. The SMILES string of the molecule is Cc1ccc(-c2cc3c(N[C@H](Cc4cccc(F)c4)P(=O)(O)O)ncnc3s2)cc1. The number of nitrogens with zero attached hydrogens (tertiary/aromatic N) is 2. The molecule has 2 aromatic carbocycles. The molecule has 154 valence electrons. The summed E-state index contributed by atoms with van der Waals surface area (Å²) in [6.07, 6.45) is 1.31. The summed E-state index contributed by atoms with van der Waals surface area (Å²) >= 11 is 1.48. The number of nitrogens with one attached hydrogen (secondary N) is 1. The van der Waals surface area contributed by atoms with E-state index in [1.54, 1.807) is 6.07 Å². The van der Waals surface area contributed by atoms with Crippen LogP contribution in [-0.2, 0) is 11.0 Å². The zero-order chi connectivity index (χ0) is 21.3. The van der Waals surface area contributed by atoms with E-state index >= 15 is 0 Å². The van der Waals surface area contributed by atoms with Crippen molar-refractivity contribution in [3.63, 3.8) is 0 Å². The molecule has 0 amide bonds. The molecular formula is C21H19FN3O3PS. The maximum Gasteiger partial charge on any atom is 0.347 e. The summed E-state index contributed by atoms with van der Waals surface area (Å²) in [5, 5.41) is 3.55. The summed E-state index contributed by atoms with van der Waals surface area (Å²) in [6, 6.07) is 15.7. The van der Waals surface area contributed by atoms with Gasteiger partial charge in [0.25, 0.3) is 0 Å². The van der Waals surface area contributed by atoms with Crippen molar-refractivity contribution in [1.82, 2.24) is 9.97 Å². The van der Waals surface area contributed by atoms with Crippen LogP contribution in [0.2, 0.25) is 0 Å². The summed E-state index contributed by atoms with van der Waals surface area (Å²) in [7, 11) is -4.55. The predicted molar refractivity (Wildman–Crippen MR) is 117 cm³/mol. The molecule has 0 aliphatic carbocycles. The van der Waals surface area contributed by atoms with Crippen molar-refractivity contribution in [3.8, 4) is 10.4 Å². The molecule has 2 aromatic heterocycles. The fourth-order valence-corrected chi connectivity index (χ4v) is 4.87. The third-order valence-electron chi connectivity index (χ3n) is 4.69. The number of benzene rings is 2. The average Bonchev–Trinajstić information content (AvgIpc) is 3.12. The molecule has 1 atom stereocenters. The van der Waals surface area contributed by atoms with Gasteiger partial charge in [-0.25, -0.2) is 14.4 Å². The number of hydrogen-bond acceptors (Lipinski definition) is 5. The van der Waals surface area contributed by atoms with Crippen LogP contribution < -0.4 is 5.32 Å². The topological polar surface area (TPSA) is 95.3 Å². The van der Waals surface area contributed by atoms with Crippen LogP contribution in [0.5, 0.6) is 0 Å². The fourth-order valence-electron chi connectivity index (χ4n) is 3.13. The third kappa shape index (κ3) is 4.57. The van der Waals surface area contributed by atoms with Crippen LogP contribution in [0.25, 0.3) is 20.7 Å². The first kappa shape index (κ1) is 20.6. The lowest BCUT2D eigenvalue weighted by atomic mass is 10.1. The Morgan fingerprint density at radius 2 is 1.90 bits per heavy atom. The Hall–Kier alpha value is -2.64. The monoisotopic (exact) mass is 443 g/mol. The minimum Gasteiger partial charge on any atom is -0.355 e. The van der Waals surface area contributed by atoms with Crippen molar-refractivity contribution in [2.24, 2.45) is 0 Å². The molecule has 0 saturated carbocycles. The highest BCUT2D eigenvalue weighted by molar-refractivity contribution is 7.52. The first-order chi connectivity index (χ1) is 14.3. The molecule has 0 saturated heterocycles. The van der Waals surface area contributed by atoms with Crippen LogP contribution in [-0.4, -0.2) is 25.5 Å². The molecule has 0 fully saturated rings. The standard InChI is InChI=1S/C21H19FN3O3PS/c1-13-5-7-15(8-6-13)18-11-17-20(23-12-24-21(17)30-18)25-19(29(26,27)28)10-14-3-2-4-16(22)9-14/h2-9,11-12,19H,10H2,1H3,(H,23,24,25)(H2,26,27,28)/t19-/m0/s1. The van der Waals surface area contributed by atoms with E-state index in [1.165, 1.54) is 35.9 Å². The maximum absolute atomic E-state index is 13.5. The number of thiophene rings is 1. The van der Waals surface area contributed by atoms with E-state index in [2.05, 4.69) is 15.3 Å². The van der Waals surface area contributed by atoms with Crippen LogP contribution >= 0.6 is 18.9 Å². The number of fused-ring (bicyclic) bond motifs is 1. The lowest BCUT2D eigenvalue weighted by Gasteiger charge is -2.21. The van der Waals surface area contributed by atoms with E-state index in [0.717, 1.165) is 16.0 Å². The van der Waals surface area contributed by atoms with Gasteiger partial charge in [0.15, 0.2) is 0 Å². The van der Waals surface area contributed by atoms with E-state index in [1.807, 2.05) is 37.3 Å². The lowest BCUT2D eigenvalue weighted by molar-refractivity contribution is 0.361. The molecule has 0 aliphatic rings. The third-order valence-corrected chi connectivity index (χ3v) is 6.91. The van der Waals surface area contributed by atoms with E-state index in [0.29, 0.717) is 21.6 Å². The number of aromatic nitrogens is 2. The van der Waals surface area contributed by atoms with Crippen LogP contribution in [0.4, 0.5) is 10.2 Å². The number of aryl methyl sites for hydroxylation is 1. The summed E-state index contributed by atoms with van der Waals surface area (Å²) in [5.41, 5.74) is 2.66. The molecule has 6 nitrogen and oxygen atoms in total. The molecule has 4 rings (SSSR count). The Balaban J connectivity index is 1.68. The number of anilines is 1. The Labute approximate surface area is 176 Å². The van der Waals surface area contributed by atoms with Crippen LogP contribution in [0.1, 0.15) is 11.1 Å². The molecule has 9 heteroatoms. The van der Waals surface area contributed by atoms with Gasteiger partial charge in [-0.3, -0.25) is 4.57 Å². The van der Waals surface area contributed by atoms with Gasteiger partial charge in [-0.2, -0.15) is 0 Å². The highest BCUT2D eigenvalue weighted by atomic mass is 32.1. The van der Waals surface area contributed by atoms with Crippen molar-refractivity contribution in [1.29, 1.82) is 0 Å². The highest BCUT2D eigenvalue weighted by Gasteiger charge is 2.30. The molecule has 2 heterocycles. The van der Waals surface area contributed by atoms with Gasteiger partial charge in [0, 0.05) is 11.3 Å². The molecule has 30 heavy (non-hydrogen) atoms. The number of rotatable bonds is 6. The van der Waals surface area contributed by atoms with E-state index in [-0.39, 0.29) is 6.42 Å². The molecular weight excluding hydrogens is 424 g/mol. The van der Waals surface area contributed by atoms with E-state index < -0.39 is 19.2 Å². The average molecular weight is 443 g/mol. The second-order valence-electron chi connectivity index (χ2n) is 7.00. The predicted octanol–water partition coefficient (Wildman–Crippen LogP) is 4.96. The molecule has 3 N–H and O–H groups in total. The van der Waals surface area contributed by atoms with Gasteiger partial charge >= 0.3 is 7.60 Å². The van der Waals surface area contributed by atoms with Crippen molar-refractivity contribution in [2.75, 3.05) is 5.32 Å². The minimum absolute atomic E-state index is 0.0531. The van der Waals surface area contributed by atoms with Gasteiger partial charge in [0.1, 0.15) is 28.6 Å². The van der Waals surface area contributed by atoms with Gasteiger partial charge < -0.3 is 15.1 Å². The summed E-state index contributed by atoms with van der Waals surface area (Å²) in [6.45, 7) is 2.02. The van der Waals surface area contributed by atoms with Crippen LogP contribution in [0.15, 0.2) is 60.9 Å². The van der Waals surface area contributed by atoms with Crippen molar-refractivity contribution in [3.05, 3.63) is 77.9 Å². The Kier molecular flexibility index (Phi) is 5.66. The molecule has 0 unspecified atom stereocenters. The van der Waals surface area contributed by atoms with Gasteiger partial charge in [-0.05, 0) is 36.2 Å². The molecule has 0 aliphatic heterocycles.